The van der Waals surface area contributed by atoms with Crippen LogP contribution in [0.25, 0.3) is 0 Å². The third-order valence-corrected chi connectivity index (χ3v) is 3.45. The molecule has 1 heterocycles. The second-order valence-electron chi connectivity index (χ2n) is 5.40. The van der Waals surface area contributed by atoms with Crippen LogP contribution < -0.4 is 0 Å². The molecule has 1 aliphatic rings. The molecule has 1 aliphatic heterocycles. The van der Waals surface area contributed by atoms with E-state index in [2.05, 4.69) is 4.84 Å². The molecule has 1 aromatic carbocycles. The number of carbonyl (C=O) groups excluding carboxylic acids is 5. The summed E-state index contributed by atoms with van der Waals surface area (Å²) in [6, 6.07) is 9.02. The zero-order valence-corrected chi connectivity index (χ0v) is 13.4. The number of esters is 1. The highest BCUT2D eigenvalue weighted by Gasteiger charge is 2.32. The summed E-state index contributed by atoms with van der Waals surface area (Å²) in [6.45, 7) is 0. The summed E-state index contributed by atoms with van der Waals surface area (Å²) in [6.07, 6.45) is -0.903. The van der Waals surface area contributed by atoms with Crippen LogP contribution in [0, 0.1) is 0 Å². The van der Waals surface area contributed by atoms with Gasteiger partial charge in [0.25, 0.3) is 11.8 Å². The lowest BCUT2D eigenvalue weighted by molar-refractivity contribution is -0.197. The molecule has 0 radical (unpaired) electrons. The van der Waals surface area contributed by atoms with Crippen molar-refractivity contribution in [3.63, 3.8) is 0 Å². The zero-order valence-electron chi connectivity index (χ0n) is 13.4. The van der Waals surface area contributed by atoms with E-state index in [1.165, 1.54) is 0 Å². The summed E-state index contributed by atoms with van der Waals surface area (Å²) >= 11 is 0. The van der Waals surface area contributed by atoms with Crippen molar-refractivity contribution in [3.8, 4) is 0 Å². The van der Waals surface area contributed by atoms with Crippen LogP contribution in [0.4, 0.5) is 0 Å². The molecule has 0 aliphatic carbocycles. The summed E-state index contributed by atoms with van der Waals surface area (Å²) in [5.41, 5.74) is 0.831. The van der Waals surface area contributed by atoms with Gasteiger partial charge in [-0.15, -0.1) is 5.06 Å². The SMILES string of the molecule is O=CC(Cc1ccccc1)OC(=O)CCC(=O)ON1C(=O)CCC1=O. The highest BCUT2D eigenvalue weighted by Crippen LogP contribution is 2.13. The summed E-state index contributed by atoms with van der Waals surface area (Å²) < 4.78 is 5.00. The first-order valence-electron chi connectivity index (χ1n) is 7.75. The largest absolute Gasteiger partial charge is 0.454 e. The highest BCUT2D eigenvalue weighted by molar-refractivity contribution is 6.01. The van der Waals surface area contributed by atoms with Gasteiger partial charge in [-0.25, -0.2) is 4.79 Å². The number of carbonyl (C=O) groups is 5. The monoisotopic (exact) mass is 347 g/mol. The fourth-order valence-corrected chi connectivity index (χ4v) is 2.20. The number of nitrogens with zero attached hydrogens (tertiary/aromatic N) is 1. The van der Waals surface area contributed by atoms with Crippen molar-refractivity contribution < 1.29 is 33.5 Å². The van der Waals surface area contributed by atoms with Crippen LogP contribution in [0.2, 0.25) is 0 Å². The Bertz CT molecular complexity index is 655. The summed E-state index contributed by atoms with van der Waals surface area (Å²) in [7, 11) is 0. The van der Waals surface area contributed by atoms with Gasteiger partial charge in [0.05, 0.1) is 12.8 Å². The molecule has 1 aromatic rings. The van der Waals surface area contributed by atoms with Gasteiger partial charge < -0.3 is 9.57 Å². The summed E-state index contributed by atoms with van der Waals surface area (Å²) in [4.78, 5) is 61.6. The smallest absolute Gasteiger partial charge is 0.333 e. The molecule has 1 unspecified atom stereocenters. The fourth-order valence-electron chi connectivity index (χ4n) is 2.20. The lowest BCUT2D eigenvalue weighted by Gasteiger charge is -2.13. The van der Waals surface area contributed by atoms with E-state index in [-0.39, 0.29) is 32.1 Å². The van der Waals surface area contributed by atoms with E-state index >= 15 is 0 Å². The molecule has 132 valence electrons. The summed E-state index contributed by atoms with van der Waals surface area (Å²) in [5.74, 6) is -2.83. The topological polar surface area (TPSA) is 107 Å². The Morgan fingerprint density at radius 2 is 1.64 bits per heavy atom. The third-order valence-electron chi connectivity index (χ3n) is 3.45. The Kier molecular flexibility index (Phi) is 6.39. The molecule has 25 heavy (non-hydrogen) atoms. The molecule has 0 bridgehead atoms. The first-order chi connectivity index (χ1) is 12.0. The first-order valence-corrected chi connectivity index (χ1v) is 7.75. The number of benzene rings is 1. The van der Waals surface area contributed by atoms with Crippen molar-refractivity contribution in [1.82, 2.24) is 5.06 Å². The van der Waals surface area contributed by atoms with Crippen LogP contribution in [0.15, 0.2) is 30.3 Å². The van der Waals surface area contributed by atoms with Gasteiger partial charge in [0.1, 0.15) is 0 Å². The van der Waals surface area contributed by atoms with Gasteiger partial charge in [0.2, 0.25) is 0 Å². The normalized spacial score (nSPS) is 15.0. The number of hydroxylamine groups is 2. The standard InChI is InChI=1S/C17H17NO7/c19-11-13(10-12-4-2-1-3-5-12)24-16(22)8-9-17(23)25-18-14(20)6-7-15(18)21/h1-5,11,13H,6-10H2. The number of rotatable bonds is 8. The van der Waals surface area contributed by atoms with Crippen LogP contribution in [0.3, 0.4) is 0 Å². The van der Waals surface area contributed by atoms with E-state index in [1.807, 2.05) is 6.07 Å². The maximum absolute atomic E-state index is 11.7. The Hall–Kier alpha value is -3.03. The average molecular weight is 347 g/mol. The Morgan fingerprint density at radius 1 is 1.04 bits per heavy atom. The predicted molar refractivity (Wildman–Crippen MR) is 82.5 cm³/mol. The third kappa shape index (κ3) is 5.52. The number of amides is 2. The number of ether oxygens (including phenoxy) is 1. The molecule has 0 spiro atoms. The van der Waals surface area contributed by atoms with Crippen molar-refractivity contribution in [2.24, 2.45) is 0 Å². The second-order valence-corrected chi connectivity index (χ2v) is 5.40. The van der Waals surface area contributed by atoms with Gasteiger partial charge in [0, 0.05) is 19.3 Å². The molecule has 8 nitrogen and oxygen atoms in total. The summed E-state index contributed by atoms with van der Waals surface area (Å²) in [5, 5.41) is 0.414. The molecule has 2 amide bonds. The molecule has 1 saturated heterocycles. The molecule has 1 atom stereocenters. The van der Waals surface area contributed by atoms with E-state index in [4.69, 9.17) is 4.74 Å². The lowest BCUT2D eigenvalue weighted by Crippen LogP contribution is -2.32. The number of imide groups is 1. The Morgan fingerprint density at radius 3 is 2.24 bits per heavy atom. The number of hydrogen-bond acceptors (Lipinski definition) is 7. The molecular weight excluding hydrogens is 330 g/mol. The molecule has 0 saturated carbocycles. The van der Waals surface area contributed by atoms with Crippen molar-refractivity contribution in [2.45, 2.75) is 38.2 Å². The molecule has 8 heteroatoms. The average Bonchev–Trinajstić information content (AvgIpc) is 2.92. The molecule has 1 fully saturated rings. The molecule has 0 N–H and O–H groups in total. The van der Waals surface area contributed by atoms with E-state index in [0.29, 0.717) is 11.3 Å². The van der Waals surface area contributed by atoms with Crippen molar-refractivity contribution in [2.75, 3.05) is 0 Å². The minimum atomic E-state index is -0.951. The first kappa shape index (κ1) is 18.3. The maximum atomic E-state index is 11.7. The van der Waals surface area contributed by atoms with Crippen LogP contribution >= 0.6 is 0 Å². The van der Waals surface area contributed by atoms with E-state index < -0.39 is 29.9 Å². The quantitative estimate of drug-likeness (QED) is 0.387. The van der Waals surface area contributed by atoms with Gasteiger partial charge in [-0.05, 0) is 5.56 Å². The van der Waals surface area contributed by atoms with E-state index in [9.17, 15) is 24.0 Å². The van der Waals surface area contributed by atoms with Crippen molar-refractivity contribution in [3.05, 3.63) is 35.9 Å². The van der Waals surface area contributed by atoms with Crippen molar-refractivity contribution >= 4 is 30.0 Å². The van der Waals surface area contributed by atoms with E-state index in [1.54, 1.807) is 24.3 Å². The lowest BCUT2D eigenvalue weighted by atomic mass is 10.1. The molecule has 0 aromatic heterocycles. The van der Waals surface area contributed by atoms with Crippen LogP contribution in [-0.2, 0) is 40.0 Å². The van der Waals surface area contributed by atoms with Gasteiger partial charge >= 0.3 is 11.9 Å². The Balaban J connectivity index is 1.75. The van der Waals surface area contributed by atoms with Crippen molar-refractivity contribution in [1.29, 1.82) is 0 Å². The zero-order chi connectivity index (χ0) is 18.2. The van der Waals surface area contributed by atoms with Crippen LogP contribution in [0.1, 0.15) is 31.2 Å². The number of hydrogen-bond donors (Lipinski definition) is 0. The minimum Gasteiger partial charge on any atom is -0.454 e. The van der Waals surface area contributed by atoms with Gasteiger partial charge in [-0.3, -0.25) is 19.2 Å². The number of aldehydes is 1. The maximum Gasteiger partial charge on any atom is 0.333 e. The molecular formula is C17H17NO7. The second kappa shape index (κ2) is 8.72. The van der Waals surface area contributed by atoms with Gasteiger partial charge in [-0.2, -0.15) is 0 Å². The van der Waals surface area contributed by atoms with E-state index in [0.717, 1.165) is 5.56 Å². The molecule has 2 rings (SSSR count). The minimum absolute atomic E-state index is 0.00530. The Labute approximate surface area is 143 Å². The fraction of sp³-hybridized carbons (Fsp3) is 0.353. The van der Waals surface area contributed by atoms with Gasteiger partial charge in [-0.1, -0.05) is 30.3 Å². The van der Waals surface area contributed by atoms with Crippen LogP contribution in [-0.4, -0.2) is 41.2 Å². The predicted octanol–water partition coefficient (Wildman–Crippen LogP) is 0.727. The van der Waals surface area contributed by atoms with Crippen LogP contribution in [0.5, 0.6) is 0 Å². The highest BCUT2D eigenvalue weighted by atomic mass is 16.7. The van der Waals surface area contributed by atoms with Gasteiger partial charge in [0.15, 0.2) is 12.4 Å².